The fraction of sp³-hybridized carbons (Fsp3) is 0.571. The molecule has 0 saturated carbocycles. The Balaban J connectivity index is 1.84. The third-order valence-corrected chi connectivity index (χ3v) is 4.88. The van der Waals surface area contributed by atoms with Crippen molar-refractivity contribution >= 4 is 17.3 Å². The van der Waals surface area contributed by atoms with Crippen LogP contribution in [0, 0.1) is 17.0 Å². The van der Waals surface area contributed by atoms with Gasteiger partial charge in [-0.1, -0.05) is 11.6 Å². The van der Waals surface area contributed by atoms with Gasteiger partial charge in [0.25, 0.3) is 5.69 Å². The van der Waals surface area contributed by atoms with Crippen molar-refractivity contribution in [3.63, 3.8) is 0 Å². The second-order valence-corrected chi connectivity index (χ2v) is 6.09. The fourth-order valence-corrected chi connectivity index (χ4v) is 3.42. The molecule has 2 bridgehead atoms. The van der Waals surface area contributed by atoms with E-state index in [-0.39, 0.29) is 10.6 Å². The van der Waals surface area contributed by atoms with Crippen LogP contribution in [0.25, 0.3) is 0 Å². The maximum Gasteiger partial charge on any atom is 0.271 e. The summed E-state index contributed by atoms with van der Waals surface area (Å²) in [4.78, 5) is 15.5. The van der Waals surface area contributed by atoms with Crippen LogP contribution >= 0.6 is 11.6 Å². The molecule has 3 rings (SSSR count). The topological polar surface area (TPSA) is 49.6 Å². The van der Waals surface area contributed by atoms with Gasteiger partial charge >= 0.3 is 0 Å². The van der Waals surface area contributed by atoms with Crippen molar-refractivity contribution in [1.82, 2.24) is 9.80 Å². The van der Waals surface area contributed by atoms with E-state index in [1.807, 2.05) is 6.92 Å². The summed E-state index contributed by atoms with van der Waals surface area (Å²) in [7, 11) is 0. The third kappa shape index (κ3) is 2.53. The number of nitro benzene ring substituents is 1. The number of nitro groups is 1. The number of piperazine rings is 1. The molecular formula is C14H18ClN3O2. The molecule has 0 aliphatic carbocycles. The zero-order valence-corrected chi connectivity index (χ0v) is 12.3. The maximum atomic E-state index is 11.0. The Morgan fingerprint density at radius 1 is 1.40 bits per heavy atom. The van der Waals surface area contributed by atoms with E-state index in [4.69, 9.17) is 11.6 Å². The molecule has 2 unspecified atom stereocenters. The summed E-state index contributed by atoms with van der Waals surface area (Å²) in [5.41, 5.74) is 2.02. The molecule has 2 saturated heterocycles. The molecule has 0 radical (unpaired) electrons. The SMILES string of the molecule is Cc1c(Cl)cc([N+](=O)[O-])cc1CN1CCN2CCC1C2. The van der Waals surface area contributed by atoms with Crippen LogP contribution in [0.1, 0.15) is 17.5 Å². The normalized spacial score (nSPS) is 25.9. The van der Waals surface area contributed by atoms with Crippen molar-refractivity contribution < 1.29 is 4.92 Å². The summed E-state index contributed by atoms with van der Waals surface area (Å²) in [5, 5.41) is 11.4. The van der Waals surface area contributed by atoms with E-state index in [1.54, 1.807) is 6.07 Å². The molecule has 0 amide bonds. The van der Waals surface area contributed by atoms with Crippen LogP contribution in [0.2, 0.25) is 5.02 Å². The predicted octanol–water partition coefficient (Wildman–Crippen LogP) is 2.45. The van der Waals surface area contributed by atoms with Gasteiger partial charge in [-0.15, -0.1) is 0 Å². The van der Waals surface area contributed by atoms with E-state index < -0.39 is 0 Å². The highest BCUT2D eigenvalue weighted by Crippen LogP contribution is 2.29. The van der Waals surface area contributed by atoms with Crippen molar-refractivity contribution in [2.45, 2.75) is 25.9 Å². The highest BCUT2D eigenvalue weighted by atomic mass is 35.5. The number of nitrogens with zero attached hydrogens (tertiary/aromatic N) is 3. The van der Waals surface area contributed by atoms with Gasteiger partial charge in [0.05, 0.1) is 9.95 Å². The lowest BCUT2D eigenvalue weighted by molar-refractivity contribution is -0.384. The van der Waals surface area contributed by atoms with Crippen LogP contribution in [0.4, 0.5) is 5.69 Å². The average molecular weight is 296 g/mol. The van der Waals surface area contributed by atoms with E-state index >= 15 is 0 Å². The number of rotatable bonds is 3. The zero-order valence-electron chi connectivity index (χ0n) is 11.5. The molecule has 108 valence electrons. The van der Waals surface area contributed by atoms with Crippen LogP contribution in [0.5, 0.6) is 0 Å². The number of halogens is 1. The number of fused-ring (bicyclic) bond motifs is 2. The lowest BCUT2D eigenvalue weighted by Gasteiger charge is -2.34. The average Bonchev–Trinajstić information content (AvgIpc) is 2.80. The Bertz CT molecular complexity index is 549. The molecule has 1 aromatic rings. The monoisotopic (exact) mass is 295 g/mol. The maximum absolute atomic E-state index is 11.0. The first kappa shape index (κ1) is 13.8. The standard InChI is InChI=1S/C14H18ClN3O2/c1-10-11(6-13(18(19)20)7-14(10)15)8-17-5-4-16-3-2-12(17)9-16/h6-7,12H,2-5,8-9H2,1H3. The molecule has 2 aliphatic rings. The third-order valence-electron chi connectivity index (χ3n) is 4.49. The summed E-state index contributed by atoms with van der Waals surface area (Å²) in [6.45, 7) is 7.12. The quantitative estimate of drug-likeness (QED) is 0.635. The Kier molecular flexibility index (Phi) is 3.67. The second-order valence-electron chi connectivity index (χ2n) is 5.68. The molecule has 2 heterocycles. The van der Waals surface area contributed by atoms with Gasteiger partial charge in [0.1, 0.15) is 0 Å². The lowest BCUT2D eigenvalue weighted by Crippen LogP contribution is -2.46. The first-order valence-corrected chi connectivity index (χ1v) is 7.32. The van der Waals surface area contributed by atoms with Crippen LogP contribution in [-0.2, 0) is 6.54 Å². The number of hydrogen-bond acceptors (Lipinski definition) is 4. The summed E-state index contributed by atoms with van der Waals surface area (Å²) in [6, 6.07) is 3.69. The summed E-state index contributed by atoms with van der Waals surface area (Å²) in [6.07, 6.45) is 1.20. The molecule has 2 aliphatic heterocycles. The Labute approximate surface area is 123 Å². The highest BCUT2D eigenvalue weighted by molar-refractivity contribution is 6.31. The predicted molar refractivity (Wildman–Crippen MR) is 78.1 cm³/mol. The minimum Gasteiger partial charge on any atom is -0.300 e. The fourth-order valence-electron chi connectivity index (χ4n) is 3.18. The Morgan fingerprint density at radius 2 is 2.20 bits per heavy atom. The number of hydrogen-bond donors (Lipinski definition) is 0. The van der Waals surface area contributed by atoms with Gasteiger partial charge in [-0.3, -0.25) is 15.0 Å². The van der Waals surface area contributed by atoms with Crippen molar-refractivity contribution in [2.24, 2.45) is 0 Å². The molecule has 0 aromatic heterocycles. The Hall–Kier alpha value is -1.17. The molecule has 0 N–H and O–H groups in total. The van der Waals surface area contributed by atoms with E-state index in [0.29, 0.717) is 11.1 Å². The van der Waals surface area contributed by atoms with Crippen LogP contribution in [0.15, 0.2) is 12.1 Å². The first-order valence-electron chi connectivity index (χ1n) is 6.94. The molecule has 5 nitrogen and oxygen atoms in total. The summed E-state index contributed by atoms with van der Waals surface area (Å²) < 4.78 is 0. The molecule has 0 spiro atoms. The van der Waals surface area contributed by atoms with Crippen molar-refractivity contribution in [3.05, 3.63) is 38.4 Å². The number of benzene rings is 1. The lowest BCUT2D eigenvalue weighted by atomic mass is 10.1. The van der Waals surface area contributed by atoms with Crippen molar-refractivity contribution in [1.29, 1.82) is 0 Å². The number of non-ortho nitro benzene ring substituents is 1. The van der Waals surface area contributed by atoms with Gasteiger partial charge in [-0.25, -0.2) is 0 Å². The van der Waals surface area contributed by atoms with Crippen LogP contribution in [-0.4, -0.2) is 46.9 Å². The van der Waals surface area contributed by atoms with Crippen molar-refractivity contribution in [3.8, 4) is 0 Å². The first-order chi connectivity index (χ1) is 9.54. The smallest absolute Gasteiger partial charge is 0.271 e. The minimum atomic E-state index is -0.373. The van der Waals surface area contributed by atoms with E-state index in [9.17, 15) is 10.1 Å². The second kappa shape index (κ2) is 5.31. The minimum absolute atomic E-state index is 0.0839. The molecular weight excluding hydrogens is 278 g/mol. The van der Waals surface area contributed by atoms with Gasteiger partial charge < -0.3 is 4.90 Å². The Morgan fingerprint density at radius 3 is 2.95 bits per heavy atom. The summed E-state index contributed by atoms with van der Waals surface area (Å²) in [5.74, 6) is 0. The van der Waals surface area contributed by atoms with Crippen LogP contribution in [0.3, 0.4) is 0 Å². The van der Waals surface area contributed by atoms with E-state index in [2.05, 4.69) is 9.80 Å². The van der Waals surface area contributed by atoms with Crippen molar-refractivity contribution in [2.75, 3.05) is 26.2 Å². The van der Waals surface area contributed by atoms with Gasteiger partial charge in [-0.05, 0) is 31.0 Å². The van der Waals surface area contributed by atoms with E-state index in [1.165, 1.54) is 19.0 Å². The molecule has 2 fully saturated rings. The van der Waals surface area contributed by atoms with Gasteiger partial charge in [0, 0.05) is 44.4 Å². The molecule has 6 heteroatoms. The van der Waals surface area contributed by atoms with E-state index in [0.717, 1.165) is 37.3 Å². The van der Waals surface area contributed by atoms with Gasteiger partial charge in [0.15, 0.2) is 0 Å². The van der Waals surface area contributed by atoms with Gasteiger partial charge in [-0.2, -0.15) is 0 Å². The highest BCUT2D eigenvalue weighted by Gasteiger charge is 2.32. The summed E-state index contributed by atoms with van der Waals surface area (Å²) >= 11 is 6.13. The molecule has 2 atom stereocenters. The molecule has 20 heavy (non-hydrogen) atoms. The van der Waals surface area contributed by atoms with Gasteiger partial charge in [0.2, 0.25) is 0 Å². The zero-order chi connectivity index (χ0) is 14.3. The largest absolute Gasteiger partial charge is 0.300 e. The molecule has 1 aromatic carbocycles. The van der Waals surface area contributed by atoms with Crippen LogP contribution < -0.4 is 0 Å².